The summed E-state index contributed by atoms with van der Waals surface area (Å²) in [6, 6.07) is 0.502. The van der Waals surface area contributed by atoms with Crippen LogP contribution in [-0.2, 0) is 25.4 Å². The molecular formula is C17H20N8O4. The van der Waals surface area contributed by atoms with Gasteiger partial charge in [-0.1, -0.05) is 0 Å². The summed E-state index contributed by atoms with van der Waals surface area (Å²) < 4.78 is 4.22. The fraction of sp³-hybridized carbons (Fsp3) is 0.294. The van der Waals surface area contributed by atoms with Crippen LogP contribution in [0.2, 0.25) is 0 Å². The number of carbonyl (C=O) groups excluding carboxylic acids is 2. The van der Waals surface area contributed by atoms with Gasteiger partial charge in [-0.15, -0.1) is 0 Å². The number of carbonyl (C=O) groups is 3. The van der Waals surface area contributed by atoms with Gasteiger partial charge in [0, 0.05) is 38.6 Å². The first-order valence-electron chi connectivity index (χ1n) is 8.63. The SMILES string of the molecule is CC(C(=O)Nc1cnn(C)c1C(=O)NCc1cnn(C)c1)n1ccc(C(=O)O)n1. The van der Waals surface area contributed by atoms with E-state index in [0.29, 0.717) is 0 Å². The van der Waals surface area contributed by atoms with Crippen molar-refractivity contribution in [2.75, 3.05) is 5.32 Å². The van der Waals surface area contributed by atoms with E-state index in [1.807, 2.05) is 0 Å². The van der Waals surface area contributed by atoms with Gasteiger partial charge in [-0.05, 0) is 13.0 Å². The lowest BCUT2D eigenvalue weighted by molar-refractivity contribution is -0.119. The van der Waals surface area contributed by atoms with Crippen molar-refractivity contribution < 1.29 is 19.5 Å². The molecule has 3 heterocycles. The Kier molecular flexibility index (Phi) is 5.43. The maximum atomic E-state index is 12.6. The number of carboxylic acid groups (broad SMARTS) is 1. The number of rotatable bonds is 7. The Balaban J connectivity index is 1.70. The lowest BCUT2D eigenvalue weighted by Gasteiger charge is -2.13. The fourth-order valence-corrected chi connectivity index (χ4v) is 2.65. The van der Waals surface area contributed by atoms with Crippen LogP contribution in [-0.4, -0.2) is 52.2 Å². The van der Waals surface area contributed by atoms with Gasteiger partial charge in [-0.2, -0.15) is 15.3 Å². The minimum absolute atomic E-state index is 0.165. The van der Waals surface area contributed by atoms with Gasteiger partial charge in [0.2, 0.25) is 5.91 Å². The third-order valence-electron chi connectivity index (χ3n) is 4.23. The van der Waals surface area contributed by atoms with E-state index in [1.165, 1.54) is 27.8 Å². The topological polar surface area (TPSA) is 149 Å². The molecular weight excluding hydrogens is 380 g/mol. The predicted octanol–water partition coefficient (Wildman–Crippen LogP) is 0.178. The number of aryl methyl sites for hydroxylation is 2. The first-order valence-corrected chi connectivity index (χ1v) is 8.63. The van der Waals surface area contributed by atoms with Crippen LogP contribution in [0.3, 0.4) is 0 Å². The number of nitrogens with one attached hydrogen (secondary N) is 2. The van der Waals surface area contributed by atoms with E-state index in [4.69, 9.17) is 5.11 Å². The number of nitrogens with zero attached hydrogens (tertiary/aromatic N) is 6. The second-order valence-corrected chi connectivity index (χ2v) is 6.39. The molecule has 0 aliphatic heterocycles. The van der Waals surface area contributed by atoms with E-state index in [9.17, 15) is 14.4 Å². The van der Waals surface area contributed by atoms with Crippen LogP contribution in [0.15, 0.2) is 30.9 Å². The Labute approximate surface area is 165 Å². The smallest absolute Gasteiger partial charge is 0.356 e. The molecule has 0 bridgehead atoms. The number of aromatic nitrogens is 6. The van der Waals surface area contributed by atoms with E-state index in [-0.39, 0.29) is 23.6 Å². The Morgan fingerprint density at radius 3 is 2.59 bits per heavy atom. The highest BCUT2D eigenvalue weighted by molar-refractivity contribution is 6.03. The molecule has 0 aliphatic carbocycles. The number of anilines is 1. The summed E-state index contributed by atoms with van der Waals surface area (Å²) in [6.07, 6.45) is 6.19. The summed E-state index contributed by atoms with van der Waals surface area (Å²) in [7, 11) is 3.37. The summed E-state index contributed by atoms with van der Waals surface area (Å²) in [5, 5.41) is 26.3. The van der Waals surface area contributed by atoms with Crippen molar-refractivity contribution >= 4 is 23.5 Å². The van der Waals surface area contributed by atoms with Crippen molar-refractivity contribution in [2.45, 2.75) is 19.5 Å². The van der Waals surface area contributed by atoms with Crippen molar-refractivity contribution in [1.82, 2.24) is 34.7 Å². The van der Waals surface area contributed by atoms with Gasteiger partial charge in [0.25, 0.3) is 5.91 Å². The highest BCUT2D eigenvalue weighted by atomic mass is 16.4. The molecule has 0 spiro atoms. The quantitative estimate of drug-likeness (QED) is 0.512. The molecule has 3 aromatic heterocycles. The van der Waals surface area contributed by atoms with E-state index in [1.54, 1.807) is 38.1 Å². The van der Waals surface area contributed by atoms with Crippen molar-refractivity contribution in [3.63, 3.8) is 0 Å². The second kappa shape index (κ2) is 7.96. The van der Waals surface area contributed by atoms with E-state index in [2.05, 4.69) is 25.9 Å². The molecule has 0 aromatic carbocycles. The molecule has 0 radical (unpaired) electrons. The molecule has 0 saturated carbocycles. The largest absolute Gasteiger partial charge is 0.476 e. The summed E-state index contributed by atoms with van der Waals surface area (Å²) in [5.41, 5.74) is 1.08. The monoisotopic (exact) mass is 400 g/mol. The van der Waals surface area contributed by atoms with Crippen LogP contribution >= 0.6 is 0 Å². The maximum absolute atomic E-state index is 12.6. The minimum atomic E-state index is -1.18. The Bertz CT molecular complexity index is 1060. The molecule has 0 fully saturated rings. The van der Waals surface area contributed by atoms with Crippen LogP contribution in [0, 0.1) is 0 Å². The average Bonchev–Trinajstić information content (AvgIpc) is 3.39. The van der Waals surface area contributed by atoms with Gasteiger partial charge in [-0.25, -0.2) is 4.79 Å². The highest BCUT2D eigenvalue weighted by Gasteiger charge is 2.23. The second-order valence-electron chi connectivity index (χ2n) is 6.39. The normalized spacial score (nSPS) is 11.8. The molecule has 1 unspecified atom stereocenters. The standard InChI is InChI=1S/C17H20N8O4/c1-10(25-5-4-12(22-25)17(28)29)15(26)21-13-8-20-24(3)14(13)16(27)18-6-11-7-19-23(2)9-11/h4-5,7-10H,6H2,1-3H3,(H,18,27)(H,21,26)(H,28,29). The predicted molar refractivity (Wildman–Crippen MR) is 100 cm³/mol. The summed E-state index contributed by atoms with van der Waals surface area (Å²) in [5.74, 6) is -2.07. The van der Waals surface area contributed by atoms with Crippen molar-refractivity contribution in [1.29, 1.82) is 0 Å². The van der Waals surface area contributed by atoms with Gasteiger partial charge in [0.1, 0.15) is 11.7 Å². The molecule has 29 heavy (non-hydrogen) atoms. The first-order chi connectivity index (χ1) is 13.8. The maximum Gasteiger partial charge on any atom is 0.356 e. The van der Waals surface area contributed by atoms with Gasteiger partial charge in [0.15, 0.2) is 5.69 Å². The van der Waals surface area contributed by atoms with E-state index in [0.717, 1.165) is 5.56 Å². The summed E-state index contributed by atoms with van der Waals surface area (Å²) >= 11 is 0. The zero-order chi connectivity index (χ0) is 21.1. The lowest BCUT2D eigenvalue weighted by Crippen LogP contribution is -2.28. The van der Waals surface area contributed by atoms with E-state index >= 15 is 0 Å². The fourth-order valence-electron chi connectivity index (χ4n) is 2.65. The van der Waals surface area contributed by atoms with Gasteiger partial charge < -0.3 is 15.7 Å². The van der Waals surface area contributed by atoms with Gasteiger partial charge in [-0.3, -0.25) is 23.6 Å². The highest BCUT2D eigenvalue weighted by Crippen LogP contribution is 2.17. The van der Waals surface area contributed by atoms with Crippen molar-refractivity contribution in [2.24, 2.45) is 14.1 Å². The third kappa shape index (κ3) is 4.31. The number of carboxylic acids is 1. The van der Waals surface area contributed by atoms with E-state index < -0.39 is 23.8 Å². The molecule has 3 N–H and O–H groups in total. The molecule has 2 amide bonds. The Hall–Kier alpha value is -3.96. The number of hydrogen-bond acceptors (Lipinski definition) is 6. The van der Waals surface area contributed by atoms with Gasteiger partial charge >= 0.3 is 5.97 Å². The number of amides is 2. The zero-order valence-corrected chi connectivity index (χ0v) is 16.0. The molecule has 152 valence electrons. The van der Waals surface area contributed by atoms with Crippen LogP contribution in [0.1, 0.15) is 39.5 Å². The molecule has 3 rings (SSSR count). The Morgan fingerprint density at radius 1 is 1.21 bits per heavy atom. The molecule has 12 nitrogen and oxygen atoms in total. The average molecular weight is 400 g/mol. The molecule has 12 heteroatoms. The first kappa shape index (κ1) is 19.8. The Morgan fingerprint density at radius 2 is 1.97 bits per heavy atom. The summed E-state index contributed by atoms with van der Waals surface area (Å²) in [4.78, 5) is 36.1. The van der Waals surface area contributed by atoms with Crippen LogP contribution < -0.4 is 10.6 Å². The summed E-state index contributed by atoms with van der Waals surface area (Å²) in [6.45, 7) is 1.83. The molecule has 1 atom stereocenters. The molecule has 0 aliphatic rings. The van der Waals surface area contributed by atoms with Crippen LogP contribution in [0.25, 0.3) is 0 Å². The molecule has 3 aromatic rings. The van der Waals surface area contributed by atoms with Gasteiger partial charge in [0.05, 0.1) is 18.1 Å². The van der Waals surface area contributed by atoms with Crippen molar-refractivity contribution in [3.05, 3.63) is 47.8 Å². The van der Waals surface area contributed by atoms with Crippen LogP contribution in [0.5, 0.6) is 0 Å². The number of hydrogen-bond donors (Lipinski definition) is 3. The lowest BCUT2D eigenvalue weighted by atomic mass is 10.2. The number of aromatic carboxylic acids is 1. The molecule has 0 saturated heterocycles. The minimum Gasteiger partial charge on any atom is -0.476 e. The van der Waals surface area contributed by atoms with Crippen molar-refractivity contribution in [3.8, 4) is 0 Å². The third-order valence-corrected chi connectivity index (χ3v) is 4.23. The zero-order valence-electron chi connectivity index (χ0n) is 16.0. The van der Waals surface area contributed by atoms with Crippen LogP contribution in [0.4, 0.5) is 5.69 Å².